The molecule has 6 heteroatoms. The standard InChI is InChI=1S/C10H12ClN3OS/c1-6(2)14-9(7(11)3-13-14)10(15)8-4-12-5-16-8/h3-6,10,15H,1-2H3. The Balaban J connectivity index is 2.43. The molecule has 0 aliphatic heterocycles. The van der Waals surface area contributed by atoms with E-state index in [9.17, 15) is 5.11 Å². The van der Waals surface area contributed by atoms with E-state index in [2.05, 4.69) is 10.1 Å². The summed E-state index contributed by atoms with van der Waals surface area (Å²) < 4.78 is 1.73. The van der Waals surface area contributed by atoms with Crippen LogP contribution in [0.5, 0.6) is 0 Å². The molecule has 0 aliphatic carbocycles. The topological polar surface area (TPSA) is 50.9 Å². The number of hydrogen-bond acceptors (Lipinski definition) is 4. The minimum Gasteiger partial charge on any atom is -0.381 e. The zero-order valence-corrected chi connectivity index (χ0v) is 10.5. The minimum atomic E-state index is -0.759. The molecule has 1 unspecified atom stereocenters. The summed E-state index contributed by atoms with van der Waals surface area (Å²) >= 11 is 7.44. The van der Waals surface area contributed by atoms with Crippen molar-refractivity contribution in [1.82, 2.24) is 14.8 Å². The molecule has 0 saturated carbocycles. The molecule has 4 nitrogen and oxygen atoms in total. The van der Waals surface area contributed by atoms with Gasteiger partial charge in [-0.25, -0.2) is 0 Å². The quantitative estimate of drug-likeness (QED) is 0.920. The lowest BCUT2D eigenvalue weighted by Gasteiger charge is -2.15. The molecule has 86 valence electrons. The Bertz CT molecular complexity index is 466. The smallest absolute Gasteiger partial charge is 0.133 e. The van der Waals surface area contributed by atoms with Gasteiger partial charge in [-0.3, -0.25) is 9.67 Å². The Labute approximate surface area is 103 Å². The van der Waals surface area contributed by atoms with Gasteiger partial charge in [0.1, 0.15) is 6.10 Å². The van der Waals surface area contributed by atoms with Crippen LogP contribution in [-0.2, 0) is 0 Å². The Morgan fingerprint density at radius 1 is 1.44 bits per heavy atom. The van der Waals surface area contributed by atoms with Crippen LogP contribution in [0, 0.1) is 0 Å². The van der Waals surface area contributed by atoms with E-state index in [0.29, 0.717) is 10.7 Å². The summed E-state index contributed by atoms with van der Waals surface area (Å²) in [6.45, 7) is 3.98. The van der Waals surface area contributed by atoms with Gasteiger partial charge in [0, 0.05) is 12.2 Å². The lowest BCUT2D eigenvalue weighted by Crippen LogP contribution is -2.11. The van der Waals surface area contributed by atoms with Crippen molar-refractivity contribution in [3.63, 3.8) is 0 Å². The van der Waals surface area contributed by atoms with Gasteiger partial charge in [-0.15, -0.1) is 11.3 Å². The lowest BCUT2D eigenvalue weighted by molar-refractivity contribution is 0.208. The summed E-state index contributed by atoms with van der Waals surface area (Å²) in [7, 11) is 0. The maximum absolute atomic E-state index is 10.2. The first-order valence-electron chi connectivity index (χ1n) is 4.90. The third kappa shape index (κ3) is 1.98. The van der Waals surface area contributed by atoms with Crippen LogP contribution in [0.25, 0.3) is 0 Å². The molecular formula is C10H12ClN3OS. The van der Waals surface area contributed by atoms with Crippen molar-refractivity contribution < 1.29 is 5.11 Å². The highest BCUT2D eigenvalue weighted by Crippen LogP contribution is 2.31. The number of hydrogen-bond donors (Lipinski definition) is 1. The first-order chi connectivity index (χ1) is 7.61. The average Bonchev–Trinajstić information content (AvgIpc) is 2.84. The summed E-state index contributed by atoms with van der Waals surface area (Å²) in [5.41, 5.74) is 2.31. The highest BCUT2D eigenvalue weighted by Gasteiger charge is 2.22. The number of aliphatic hydroxyl groups excluding tert-OH is 1. The van der Waals surface area contributed by atoms with Crippen LogP contribution in [0.2, 0.25) is 5.02 Å². The number of aromatic nitrogens is 3. The molecule has 16 heavy (non-hydrogen) atoms. The molecule has 0 spiro atoms. The van der Waals surface area contributed by atoms with Gasteiger partial charge in [-0.1, -0.05) is 11.6 Å². The van der Waals surface area contributed by atoms with Crippen molar-refractivity contribution in [3.05, 3.63) is 33.5 Å². The molecular weight excluding hydrogens is 246 g/mol. The van der Waals surface area contributed by atoms with E-state index in [1.807, 2.05) is 13.8 Å². The third-order valence-electron chi connectivity index (χ3n) is 2.26. The number of thiazole rings is 1. The molecule has 0 amide bonds. The van der Waals surface area contributed by atoms with E-state index in [4.69, 9.17) is 11.6 Å². The Morgan fingerprint density at radius 2 is 2.19 bits per heavy atom. The summed E-state index contributed by atoms with van der Waals surface area (Å²) in [6, 6.07) is 0.157. The largest absolute Gasteiger partial charge is 0.381 e. The normalized spacial score (nSPS) is 13.3. The Hall–Kier alpha value is -0.910. The Morgan fingerprint density at radius 3 is 2.75 bits per heavy atom. The summed E-state index contributed by atoms with van der Waals surface area (Å²) in [5.74, 6) is 0. The zero-order valence-electron chi connectivity index (χ0n) is 8.96. The maximum atomic E-state index is 10.2. The van der Waals surface area contributed by atoms with Gasteiger partial charge in [0.2, 0.25) is 0 Å². The number of rotatable bonds is 3. The van der Waals surface area contributed by atoms with Gasteiger partial charge in [-0.2, -0.15) is 5.10 Å². The zero-order chi connectivity index (χ0) is 11.7. The van der Waals surface area contributed by atoms with Crippen molar-refractivity contribution in [1.29, 1.82) is 0 Å². The van der Waals surface area contributed by atoms with E-state index >= 15 is 0 Å². The van der Waals surface area contributed by atoms with E-state index < -0.39 is 6.10 Å². The van der Waals surface area contributed by atoms with Gasteiger partial charge in [0.15, 0.2) is 0 Å². The minimum absolute atomic E-state index is 0.157. The van der Waals surface area contributed by atoms with Crippen molar-refractivity contribution in [2.24, 2.45) is 0 Å². The van der Waals surface area contributed by atoms with Crippen LogP contribution >= 0.6 is 22.9 Å². The van der Waals surface area contributed by atoms with Crippen LogP contribution in [0.4, 0.5) is 0 Å². The fraction of sp³-hybridized carbons (Fsp3) is 0.400. The van der Waals surface area contributed by atoms with Gasteiger partial charge < -0.3 is 5.11 Å². The summed E-state index contributed by atoms with van der Waals surface area (Å²) in [4.78, 5) is 4.71. The number of nitrogens with zero attached hydrogens (tertiary/aromatic N) is 3. The number of halogens is 1. The predicted octanol–water partition coefficient (Wildman–Crippen LogP) is 2.66. The SMILES string of the molecule is CC(C)n1ncc(Cl)c1C(O)c1cncs1. The molecule has 0 aromatic carbocycles. The molecule has 0 radical (unpaired) electrons. The van der Waals surface area contributed by atoms with E-state index in [1.54, 1.807) is 22.6 Å². The second-order valence-corrected chi connectivity index (χ2v) is 5.05. The van der Waals surface area contributed by atoms with Crippen LogP contribution in [0.1, 0.15) is 36.6 Å². The molecule has 0 aliphatic rings. The van der Waals surface area contributed by atoms with Crippen molar-refractivity contribution >= 4 is 22.9 Å². The van der Waals surface area contributed by atoms with Crippen molar-refractivity contribution in [3.8, 4) is 0 Å². The third-order valence-corrected chi connectivity index (χ3v) is 3.38. The highest BCUT2D eigenvalue weighted by atomic mass is 35.5. The van der Waals surface area contributed by atoms with E-state index in [-0.39, 0.29) is 6.04 Å². The molecule has 0 bridgehead atoms. The van der Waals surface area contributed by atoms with Crippen molar-refractivity contribution in [2.45, 2.75) is 26.0 Å². The molecule has 1 atom stereocenters. The van der Waals surface area contributed by atoms with Gasteiger partial charge in [0.05, 0.1) is 27.3 Å². The average molecular weight is 258 g/mol. The van der Waals surface area contributed by atoms with Gasteiger partial charge in [0.25, 0.3) is 0 Å². The summed E-state index contributed by atoms with van der Waals surface area (Å²) in [5, 5.41) is 14.8. The second kappa shape index (κ2) is 4.53. The maximum Gasteiger partial charge on any atom is 0.133 e. The van der Waals surface area contributed by atoms with Crippen LogP contribution in [-0.4, -0.2) is 19.9 Å². The monoisotopic (exact) mass is 257 g/mol. The van der Waals surface area contributed by atoms with E-state index in [1.165, 1.54) is 11.3 Å². The van der Waals surface area contributed by atoms with E-state index in [0.717, 1.165) is 4.88 Å². The van der Waals surface area contributed by atoms with Crippen LogP contribution < -0.4 is 0 Å². The Kier molecular flexibility index (Phi) is 3.28. The molecule has 0 fully saturated rings. The number of aliphatic hydroxyl groups is 1. The molecule has 1 N–H and O–H groups in total. The fourth-order valence-corrected chi connectivity index (χ4v) is 2.35. The molecule has 2 aromatic rings. The molecule has 0 saturated heterocycles. The van der Waals surface area contributed by atoms with Crippen LogP contribution in [0.3, 0.4) is 0 Å². The van der Waals surface area contributed by atoms with Gasteiger partial charge in [-0.05, 0) is 13.8 Å². The first-order valence-corrected chi connectivity index (χ1v) is 6.16. The second-order valence-electron chi connectivity index (χ2n) is 3.72. The molecule has 2 aromatic heterocycles. The fourth-order valence-electron chi connectivity index (χ4n) is 1.51. The molecule has 2 heterocycles. The summed E-state index contributed by atoms with van der Waals surface area (Å²) in [6.07, 6.45) is 2.44. The molecule has 2 rings (SSSR count). The van der Waals surface area contributed by atoms with Crippen LogP contribution in [0.15, 0.2) is 17.9 Å². The lowest BCUT2D eigenvalue weighted by atomic mass is 10.2. The first kappa shape index (κ1) is 11.6. The van der Waals surface area contributed by atoms with Gasteiger partial charge >= 0.3 is 0 Å². The predicted molar refractivity (Wildman–Crippen MR) is 63.8 cm³/mol. The highest BCUT2D eigenvalue weighted by molar-refractivity contribution is 7.09. The van der Waals surface area contributed by atoms with Crippen molar-refractivity contribution in [2.75, 3.05) is 0 Å².